The zero-order valence-electron chi connectivity index (χ0n) is 10.6. The fourth-order valence-electron chi connectivity index (χ4n) is 2.39. The smallest absolute Gasteiger partial charge is 0.240 e. The van der Waals surface area contributed by atoms with E-state index < -0.39 is 5.41 Å². The average Bonchev–Trinajstić information content (AvgIpc) is 2.87. The fraction of sp³-hybridized carbons (Fsp3) is 0.500. The second-order valence-corrected chi connectivity index (χ2v) is 4.89. The third kappa shape index (κ3) is 2.35. The van der Waals surface area contributed by atoms with E-state index in [9.17, 15) is 10.1 Å². The molecule has 0 atom stereocenters. The van der Waals surface area contributed by atoms with E-state index in [2.05, 4.69) is 16.4 Å². The van der Waals surface area contributed by atoms with Gasteiger partial charge in [0.15, 0.2) is 0 Å². The van der Waals surface area contributed by atoms with E-state index in [0.717, 1.165) is 24.0 Å². The number of aryl methyl sites for hydroxylation is 1. The van der Waals surface area contributed by atoms with Crippen LogP contribution in [0.25, 0.3) is 0 Å². The van der Waals surface area contributed by atoms with Crippen molar-refractivity contribution in [1.82, 2.24) is 10.3 Å². The molecule has 0 saturated heterocycles. The molecule has 1 aliphatic carbocycles. The van der Waals surface area contributed by atoms with Gasteiger partial charge in [-0.15, -0.1) is 0 Å². The molecule has 1 N–H and O–H groups in total. The van der Waals surface area contributed by atoms with E-state index in [1.807, 2.05) is 13.0 Å². The maximum absolute atomic E-state index is 12.1. The second-order valence-electron chi connectivity index (χ2n) is 4.89. The molecule has 0 spiro atoms. The van der Waals surface area contributed by atoms with Crippen molar-refractivity contribution in [3.63, 3.8) is 0 Å². The van der Waals surface area contributed by atoms with Crippen LogP contribution in [0.4, 0.5) is 0 Å². The Hall–Kier alpha value is -1.89. The van der Waals surface area contributed by atoms with Gasteiger partial charge in [0.1, 0.15) is 5.41 Å². The molecule has 1 fully saturated rings. The summed E-state index contributed by atoms with van der Waals surface area (Å²) in [6, 6.07) is 4.11. The van der Waals surface area contributed by atoms with Crippen LogP contribution in [0.3, 0.4) is 0 Å². The third-order valence-electron chi connectivity index (χ3n) is 3.69. The molecule has 1 amide bonds. The highest BCUT2D eigenvalue weighted by Crippen LogP contribution is 2.37. The van der Waals surface area contributed by atoms with Crippen LogP contribution >= 0.6 is 0 Å². The molecule has 0 aromatic carbocycles. The van der Waals surface area contributed by atoms with Crippen LogP contribution in [0.15, 0.2) is 18.5 Å². The SMILES string of the molecule is Cc1ccncc1CNC(=O)C1(C#N)CCCC1. The van der Waals surface area contributed by atoms with Crippen LogP contribution in [-0.2, 0) is 11.3 Å². The van der Waals surface area contributed by atoms with E-state index in [0.29, 0.717) is 19.4 Å². The lowest BCUT2D eigenvalue weighted by atomic mass is 9.87. The third-order valence-corrected chi connectivity index (χ3v) is 3.69. The number of aromatic nitrogens is 1. The molecule has 94 valence electrons. The molecule has 1 aliphatic rings. The minimum atomic E-state index is -0.796. The highest BCUT2D eigenvalue weighted by Gasteiger charge is 2.41. The van der Waals surface area contributed by atoms with Gasteiger partial charge in [0.05, 0.1) is 6.07 Å². The Kier molecular flexibility index (Phi) is 3.61. The summed E-state index contributed by atoms with van der Waals surface area (Å²) in [5.41, 5.74) is 1.30. The summed E-state index contributed by atoms with van der Waals surface area (Å²) in [6.45, 7) is 2.43. The van der Waals surface area contributed by atoms with E-state index in [4.69, 9.17) is 0 Å². The minimum absolute atomic E-state index is 0.134. The maximum atomic E-state index is 12.1. The van der Waals surface area contributed by atoms with Gasteiger partial charge in [0, 0.05) is 18.9 Å². The number of nitrogens with one attached hydrogen (secondary N) is 1. The molecule has 1 saturated carbocycles. The Morgan fingerprint density at radius 2 is 2.28 bits per heavy atom. The van der Waals surface area contributed by atoms with Crippen molar-refractivity contribution in [1.29, 1.82) is 5.26 Å². The zero-order chi connectivity index (χ0) is 13.0. The summed E-state index contributed by atoms with van der Waals surface area (Å²) in [5.74, 6) is -0.134. The number of amides is 1. The molecule has 1 heterocycles. The van der Waals surface area contributed by atoms with Crippen molar-refractivity contribution in [2.45, 2.75) is 39.2 Å². The highest BCUT2D eigenvalue weighted by molar-refractivity contribution is 5.85. The van der Waals surface area contributed by atoms with Gasteiger partial charge in [-0.25, -0.2) is 0 Å². The van der Waals surface area contributed by atoms with Gasteiger partial charge in [0.25, 0.3) is 0 Å². The van der Waals surface area contributed by atoms with Gasteiger partial charge in [-0.2, -0.15) is 5.26 Å². The quantitative estimate of drug-likeness (QED) is 0.884. The molecular weight excluding hydrogens is 226 g/mol. The lowest BCUT2D eigenvalue weighted by Gasteiger charge is -2.19. The van der Waals surface area contributed by atoms with E-state index in [-0.39, 0.29) is 5.91 Å². The van der Waals surface area contributed by atoms with Gasteiger partial charge >= 0.3 is 0 Å². The first-order valence-electron chi connectivity index (χ1n) is 6.27. The zero-order valence-corrected chi connectivity index (χ0v) is 10.6. The number of pyridine rings is 1. The summed E-state index contributed by atoms with van der Waals surface area (Å²) >= 11 is 0. The molecule has 0 bridgehead atoms. The van der Waals surface area contributed by atoms with Gasteiger partial charge in [-0.05, 0) is 37.0 Å². The van der Waals surface area contributed by atoms with Crippen LogP contribution in [-0.4, -0.2) is 10.9 Å². The largest absolute Gasteiger partial charge is 0.351 e. The first kappa shape index (κ1) is 12.6. The van der Waals surface area contributed by atoms with Crippen LogP contribution < -0.4 is 5.32 Å². The van der Waals surface area contributed by atoms with Crippen LogP contribution in [0.1, 0.15) is 36.8 Å². The molecule has 18 heavy (non-hydrogen) atoms. The predicted molar refractivity (Wildman–Crippen MR) is 67.3 cm³/mol. The molecule has 0 aliphatic heterocycles. The highest BCUT2D eigenvalue weighted by atomic mass is 16.2. The number of nitrogens with zero attached hydrogens (tertiary/aromatic N) is 2. The summed E-state index contributed by atoms with van der Waals surface area (Å²) in [6.07, 6.45) is 6.78. The van der Waals surface area contributed by atoms with Crippen molar-refractivity contribution < 1.29 is 4.79 Å². The maximum Gasteiger partial charge on any atom is 0.240 e. The minimum Gasteiger partial charge on any atom is -0.351 e. The van der Waals surface area contributed by atoms with Crippen LogP contribution in [0.2, 0.25) is 0 Å². The molecule has 1 aromatic heterocycles. The van der Waals surface area contributed by atoms with Crippen molar-refractivity contribution in [2.24, 2.45) is 5.41 Å². The number of carbonyl (C=O) groups is 1. The number of carbonyl (C=O) groups excluding carboxylic acids is 1. The van der Waals surface area contributed by atoms with E-state index >= 15 is 0 Å². The summed E-state index contributed by atoms with van der Waals surface area (Å²) in [7, 11) is 0. The molecule has 0 unspecified atom stereocenters. The Balaban J connectivity index is 2.01. The normalized spacial score (nSPS) is 17.1. The lowest BCUT2D eigenvalue weighted by Crippen LogP contribution is -2.37. The van der Waals surface area contributed by atoms with Gasteiger partial charge in [-0.1, -0.05) is 12.8 Å². The second kappa shape index (κ2) is 5.18. The Labute approximate surface area is 107 Å². The molecule has 4 heteroatoms. The van der Waals surface area contributed by atoms with Gasteiger partial charge in [0.2, 0.25) is 5.91 Å². The summed E-state index contributed by atoms with van der Waals surface area (Å²) in [4.78, 5) is 16.2. The number of hydrogen-bond donors (Lipinski definition) is 1. The predicted octanol–water partition coefficient (Wildman–Crippen LogP) is 2.09. The summed E-state index contributed by atoms with van der Waals surface area (Å²) in [5, 5.41) is 12.1. The Morgan fingerprint density at radius 1 is 1.56 bits per heavy atom. The Morgan fingerprint density at radius 3 is 2.89 bits per heavy atom. The molecule has 1 aromatic rings. The topological polar surface area (TPSA) is 65.8 Å². The van der Waals surface area contributed by atoms with Crippen LogP contribution in [0.5, 0.6) is 0 Å². The van der Waals surface area contributed by atoms with Crippen molar-refractivity contribution in [3.8, 4) is 6.07 Å². The van der Waals surface area contributed by atoms with Crippen molar-refractivity contribution >= 4 is 5.91 Å². The summed E-state index contributed by atoms with van der Waals surface area (Å²) < 4.78 is 0. The van der Waals surface area contributed by atoms with Gasteiger partial charge in [-0.3, -0.25) is 9.78 Å². The number of rotatable bonds is 3. The standard InChI is InChI=1S/C14H17N3O/c1-11-4-7-16-8-12(11)9-17-13(18)14(10-15)5-2-3-6-14/h4,7-8H,2-3,5-6,9H2,1H3,(H,17,18). The molecule has 0 radical (unpaired) electrons. The first-order valence-corrected chi connectivity index (χ1v) is 6.27. The lowest BCUT2D eigenvalue weighted by molar-refractivity contribution is -0.128. The molecular formula is C14H17N3O. The van der Waals surface area contributed by atoms with Crippen LogP contribution in [0, 0.1) is 23.7 Å². The van der Waals surface area contributed by atoms with E-state index in [1.54, 1.807) is 12.4 Å². The molecule has 4 nitrogen and oxygen atoms in total. The number of nitriles is 1. The van der Waals surface area contributed by atoms with E-state index in [1.165, 1.54) is 0 Å². The van der Waals surface area contributed by atoms with Crippen molar-refractivity contribution in [2.75, 3.05) is 0 Å². The van der Waals surface area contributed by atoms with Gasteiger partial charge < -0.3 is 5.32 Å². The van der Waals surface area contributed by atoms with Crippen molar-refractivity contribution in [3.05, 3.63) is 29.6 Å². The number of hydrogen-bond acceptors (Lipinski definition) is 3. The molecule has 2 rings (SSSR count). The monoisotopic (exact) mass is 243 g/mol. The first-order chi connectivity index (χ1) is 8.68. The Bertz CT molecular complexity index is 484. The fourth-order valence-corrected chi connectivity index (χ4v) is 2.39. The average molecular weight is 243 g/mol.